The van der Waals surface area contributed by atoms with Gasteiger partial charge in [-0.25, -0.2) is 0 Å². The van der Waals surface area contributed by atoms with Crippen molar-refractivity contribution in [2.75, 3.05) is 12.1 Å². The predicted molar refractivity (Wildman–Crippen MR) is 83.2 cm³/mol. The molecular weight excluding hydrogens is 288 g/mol. The topological polar surface area (TPSA) is 82.3 Å². The van der Waals surface area contributed by atoms with Gasteiger partial charge in [0, 0.05) is 11.8 Å². The van der Waals surface area contributed by atoms with E-state index in [-0.39, 0.29) is 11.8 Å². The van der Waals surface area contributed by atoms with Crippen molar-refractivity contribution < 1.29 is 9.47 Å². The number of thiocarbonyl (C=S) groups is 1. The van der Waals surface area contributed by atoms with Crippen LogP contribution >= 0.6 is 12.2 Å². The van der Waals surface area contributed by atoms with Crippen molar-refractivity contribution in [3.8, 4) is 11.5 Å². The molecule has 3 N–H and O–H groups in total. The number of anilines is 2. The van der Waals surface area contributed by atoms with Gasteiger partial charge in [0.2, 0.25) is 6.79 Å². The minimum Gasteiger partial charge on any atom is -0.454 e. The van der Waals surface area contributed by atoms with Crippen molar-refractivity contribution in [1.82, 2.24) is 10.2 Å². The molecule has 1 aliphatic rings. The Labute approximate surface area is 127 Å². The zero-order chi connectivity index (χ0) is 15.0. The molecule has 0 saturated carbocycles. The summed E-state index contributed by atoms with van der Waals surface area (Å²) in [7, 11) is 0. The highest BCUT2D eigenvalue weighted by Crippen LogP contribution is 2.35. The zero-order valence-corrected chi connectivity index (χ0v) is 12.5. The van der Waals surface area contributed by atoms with E-state index >= 15 is 0 Å². The Hall–Kier alpha value is -2.41. The first-order chi connectivity index (χ1) is 10.1. The number of nitrogens with two attached hydrogens (primary N) is 1. The molecule has 0 radical (unpaired) electrons. The van der Waals surface area contributed by atoms with Gasteiger partial charge in [-0.1, -0.05) is 12.2 Å². The lowest BCUT2D eigenvalue weighted by atomic mass is 10.1. The molecule has 0 unspecified atom stereocenters. The first-order valence-electron chi connectivity index (χ1n) is 6.36. The zero-order valence-electron chi connectivity index (χ0n) is 11.6. The number of benzene rings is 1. The van der Waals surface area contributed by atoms with E-state index in [1.54, 1.807) is 0 Å². The summed E-state index contributed by atoms with van der Waals surface area (Å²) in [5, 5.41) is 11.4. The van der Waals surface area contributed by atoms with E-state index in [9.17, 15) is 0 Å². The summed E-state index contributed by atoms with van der Waals surface area (Å²) in [6.07, 6.45) is 0. The van der Waals surface area contributed by atoms with Gasteiger partial charge < -0.3 is 20.5 Å². The van der Waals surface area contributed by atoms with Gasteiger partial charge in [-0.2, -0.15) is 5.10 Å². The fourth-order valence-electron chi connectivity index (χ4n) is 2.11. The highest BCUT2D eigenvalue weighted by Gasteiger charge is 2.16. The molecule has 1 aliphatic heterocycles. The Balaban J connectivity index is 1.98. The van der Waals surface area contributed by atoms with Crippen LogP contribution in [-0.2, 0) is 0 Å². The van der Waals surface area contributed by atoms with Crippen molar-refractivity contribution in [3.05, 3.63) is 35.0 Å². The molecule has 0 fully saturated rings. The highest BCUT2D eigenvalue weighted by molar-refractivity contribution is 7.80. The van der Waals surface area contributed by atoms with Crippen molar-refractivity contribution in [3.63, 3.8) is 0 Å². The monoisotopic (exact) mass is 302 g/mol. The highest BCUT2D eigenvalue weighted by atomic mass is 32.1. The van der Waals surface area contributed by atoms with Gasteiger partial charge in [-0.3, -0.25) is 0 Å². The maximum absolute atomic E-state index is 5.81. The number of hydrogen-bond donors (Lipinski definition) is 2. The van der Waals surface area contributed by atoms with Gasteiger partial charge in [0.05, 0.1) is 11.3 Å². The molecular formula is C14H14N4O2S. The Kier molecular flexibility index (Phi) is 3.34. The normalized spacial score (nSPS) is 12.3. The standard InChI is InChI=1S/C14H14N4O2S/c1-7-8(2)17-18-14(12(7)13(15)21)16-9-3-4-10-11(5-9)20-6-19-10/h3-5H,6H2,1-2H3,(H2,15,21)(H,16,18). The molecule has 1 aromatic heterocycles. The van der Waals surface area contributed by atoms with E-state index in [0.29, 0.717) is 17.1 Å². The van der Waals surface area contributed by atoms with Crippen LogP contribution in [0, 0.1) is 13.8 Å². The number of nitrogens with one attached hydrogen (secondary N) is 1. The maximum atomic E-state index is 5.81. The molecule has 7 heteroatoms. The van der Waals surface area contributed by atoms with Crippen LogP contribution in [0.2, 0.25) is 0 Å². The lowest BCUT2D eigenvalue weighted by Gasteiger charge is -2.13. The molecule has 0 bridgehead atoms. The number of aromatic nitrogens is 2. The third kappa shape index (κ3) is 2.47. The first-order valence-corrected chi connectivity index (χ1v) is 6.77. The van der Waals surface area contributed by atoms with Crippen LogP contribution in [0.4, 0.5) is 11.5 Å². The Morgan fingerprint density at radius 1 is 1.24 bits per heavy atom. The minimum atomic E-state index is 0.236. The SMILES string of the molecule is Cc1nnc(Nc2ccc3c(c2)OCO3)c(C(N)=S)c1C. The number of rotatable bonds is 3. The fourth-order valence-corrected chi connectivity index (χ4v) is 2.36. The molecule has 0 spiro atoms. The number of nitrogens with zero attached hydrogens (tertiary/aromatic N) is 2. The van der Waals surface area contributed by atoms with Crippen LogP contribution in [-0.4, -0.2) is 22.0 Å². The smallest absolute Gasteiger partial charge is 0.231 e. The average Bonchev–Trinajstić information content (AvgIpc) is 2.90. The predicted octanol–water partition coefficient (Wildman–Crippen LogP) is 2.20. The van der Waals surface area contributed by atoms with Gasteiger partial charge in [-0.05, 0) is 31.5 Å². The Bertz CT molecular complexity index is 733. The Morgan fingerprint density at radius 2 is 2.00 bits per heavy atom. The molecule has 6 nitrogen and oxygen atoms in total. The van der Waals surface area contributed by atoms with E-state index in [2.05, 4.69) is 15.5 Å². The molecule has 2 aromatic rings. The summed E-state index contributed by atoms with van der Waals surface area (Å²) in [6.45, 7) is 4.03. The van der Waals surface area contributed by atoms with E-state index in [0.717, 1.165) is 22.7 Å². The van der Waals surface area contributed by atoms with Gasteiger partial charge in [0.1, 0.15) is 4.99 Å². The third-order valence-corrected chi connectivity index (χ3v) is 3.54. The molecule has 1 aromatic carbocycles. The molecule has 21 heavy (non-hydrogen) atoms. The molecule has 0 aliphatic carbocycles. The van der Waals surface area contributed by atoms with Crippen LogP contribution in [0.25, 0.3) is 0 Å². The van der Waals surface area contributed by atoms with Crippen LogP contribution in [0.3, 0.4) is 0 Å². The molecule has 108 valence electrons. The summed E-state index contributed by atoms with van der Waals surface area (Å²) in [6, 6.07) is 5.54. The summed E-state index contributed by atoms with van der Waals surface area (Å²) in [5.74, 6) is 1.94. The number of fused-ring (bicyclic) bond motifs is 1. The van der Waals surface area contributed by atoms with Gasteiger partial charge in [-0.15, -0.1) is 5.10 Å². The summed E-state index contributed by atoms with van der Waals surface area (Å²) >= 11 is 5.12. The maximum Gasteiger partial charge on any atom is 0.231 e. The fraction of sp³-hybridized carbons (Fsp3) is 0.214. The first kappa shape index (κ1) is 13.6. The molecule has 0 atom stereocenters. The van der Waals surface area contributed by atoms with E-state index in [1.165, 1.54) is 0 Å². The van der Waals surface area contributed by atoms with Crippen molar-refractivity contribution in [2.24, 2.45) is 5.73 Å². The molecule has 0 amide bonds. The average molecular weight is 302 g/mol. The van der Waals surface area contributed by atoms with Crippen molar-refractivity contribution in [1.29, 1.82) is 0 Å². The van der Waals surface area contributed by atoms with E-state index < -0.39 is 0 Å². The van der Waals surface area contributed by atoms with E-state index in [1.807, 2.05) is 32.0 Å². The summed E-state index contributed by atoms with van der Waals surface area (Å²) in [5.41, 5.74) is 9.03. The van der Waals surface area contributed by atoms with Gasteiger partial charge in [0.15, 0.2) is 17.3 Å². The van der Waals surface area contributed by atoms with Gasteiger partial charge >= 0.3 is 0 Å². The second-order valence-corrected chi connectivity index (χ2v) is 5.13. The molecule has 0 saturated heterocycles. The van der Waals surface area contributed by atoms with Crippen LogP contribution < -0.4 is 20.5 Å². The van der Waals surface area contributed by atoms with Crippen LogP contribution in [0.1, 0.15) is 16.8 Å². The second-order valence-electron chi connectivity index (χ2n) is 4.69. The Morgan fingerprint density at radius 3 is 2.76 bits per heavy atom. The van der Waals surface area contributed by atoms with Crippen LogP contribution in [0.5, 0.6) is 11.5 Å². The number of ether oxygens (including phenoxy) is 2. The van der Waals surface area contributed by atoms with Gasteiger partial charge in [0.25, 0.3) is 0 Å². The lowest BCUT2D eigenvalue weighted by Crippen LogP contribution is -2.16. The van der Waals surface area contributed by atoms with Crippen molar-refractivity contribution in [2.45, 2.75) is 13.8 Å². The van der Waals surface area contributed by atoms with E-state index in [4.69, 9.17) is 27.4 Å². The van der Waals surface area contributed by atoms with Crippen molar-refractivity contribution >= 4 is 28.7 Å². The quantitative estimate of drug-likeness (QED) is 0.841. The lowest BCUT2D eigenvalue weighted by molar-refractivity contribution is 0.174. The molecule has 2 heterocycles. The second kappa shape index (κ2) is 5.17. The van der Waals surface area contributed by atoms with Crippen LogP contribution in [0.15, 0.2) is 18.2 Å². The molecule has 3 rings (SSSR count). The number of hydrogen-bond acceptors (Lipinski definition) is 6. The minimum absolute atomic E-state index is 0.236. The number of aryl methyl sites for hydroxylation is 1. The third-order valence-electron chi connectivity index (χ3n) is 3.34. The summed E-state index contributed by atoms with van der Waals surface area (Å²) in [4.78, 5) is 0.286. The summed E-state index contributed by atoms with van der Waals surface area (Å²) < 4.78 is 10.6. The largest absolute Gasteiger partial charge is 0.454 e.